The van der Waals surface area contributed by atoms with Gasteiger partial charge in [-0.3, -0.25) is 0 Å². The summed E-state index contributed by atoms with van der Waals surface area (Å²) in [6, 6.07) is 7.52. The Morgan fingerprint density at radius 3 is 2.78 bits per heavy atom. The van der Waals surface area contributed by atoms with Gasteiger partial charge in [-0.1, -0.05) is 39.2 Å². The molecule has 1 saturated carbocycles. The molecular weight excluding hydrogens is 218 g/mol. The summed E-state index contributed by atoms with van der Waals surface area (Å²) < 4.78 is 0. The zero-order valence-electron chi connectivity index (χ0n) is 12.1. The van der Waals surface area contributed by atoms with Gasteiger partial charge in [-0.2, -0.15) is 0 Å². The average molecular weight is 245 g/mol. The van der Waals surface area contributed by atoms with E-state index in [-0.39, 0.29) is 0 Å². The van der Waals surface area contributed by atoms with E-state index in [1.165, 1.54) is 48.9 Å². The van der Waals surface area contributed by atoms with Gasteiger partial charge in [-0.05, 0) is 55.4 Å². The third-order valence-corrected chi connectivity index (χ3v) is 4.46. The number of hydrogen-bond acceptors (Lipinski definition) is 1. The van der Waals surface area contributed by atoms with Crippen molar-refractivity contribution < 1.29 is 0 Å². The van der Waals surface area contributed by atoms with E-state index in [0.29, 0.717) is 6.04 Å². The molecule has 1 aliphatic carbocycles. The summed E-state index contributed by atoms with van der Waals surface area (Å²) in [5.74, 6) is 0.937. The molecule has 1 aliphatic rings. The highest BCUT2D eigenvalue weighted by molar-refractivity contribution is 5.49. The van der Waals surface area contributed by atoms with E-state index < -0.39 is 0 Å². The van der Waals surface area contributed by atoms with Crippen LogP contribution in [-0.2, 0) is 6.42 Å². The number of hydrogen-bond donors (Lipinski definition) is 1. The minimum Gasteiger partial charge on any atom is -0.382 e. The Morgan fingerprint density at radius 1 is 1.22 bits per heavy atom. The highest BCUT2D eigenvalue weighted by Gasteiger charge is 2.20. The first kappa shape index (κ1) is 13.5. The largest absolute Gasteiger partial charge is 0.382 e. The van der Waals surface area contributed by atoms with Gasteiger partial charge in [0.25, 0.3) is 0 Å². The molecular formula is C17H27N. The fourth-order valence-electron chi connectivity index (χ4n) is 3.17. The number of benzene rings is 1. The molecule has 1 aromatic carbocycles. The van der Waals surface area contributed by atoms with Crippen LogP contribution in [0.5, 0.6) is 0 Å². The predicted octanol–water partition coefficient (Wildman–Crippen LogP) is 4.94. The van der Waals surface area contributed by atoms with Crippen LogP contribution in [-0.4, -0.2) is 6.04 Å². The summed E-state index contributed by atoms with van der Waals surface area (Å²) in [7, 11) is 0. The van der Waals surface area contributed by atoms with Gasteiger partial charge < -0.3 is 5.32 Å². The normalized spacial score (nSPS) is 23.9. The van der Waals surface area contributed by atoms with Crippen molar-refractivity contribution in [2.75, 3.05) is 5.32 Å². The zero-order valence-corrected chi connectivity index (χ0v) is 12.1. The molecule has 0 aromatic heterocycles. The van der Waals surface area contributed by atoms with Crippen molar-refractivity contribution >= 4 is 5.69 Å². The van der Waals surface area contributed by atoms with Crippen LogP contribution in [0.2, 0.25) is 0 Å². The summed E-state index contributed by atoms with van der Waals surface area (Å²) in [6.45, 7) is 6.77. The van der Waals surface area contributed by atoms with E-state index in [0.717, 1.165) is 12.3 Å². The van der Waals surface area contributed by atoms with Crippen molar-refractivity contribution in [1.29, 1.82) is 0 Å². The van der Waals surface area contributed by atoms with E-state index in [4.69, 9.17) is 0 Å². The third-order valence-electron chi connectivity index (χ3n) is 4.46. The molecule has 1 nitrogen and oxygen atoms in total. The lowest BCUT2D eigenvalue weighted by Gasteiger charge is -2.30. The summed E-state index contributed by atoms with van der Waals surface area (Å²) in [5.41, 5.74) is 4.21. The molecule has 1 heteroatoms. The maximum Gasteiger partial charge on any atom is 0.0345 e. The van der Waals surface area contributed by atoms with E-state index in [9.17, 15) is 0 Å². The van der Waals surface area contributed by atoms with Gasteiger partial charge in [0.05, 0.1) is 0 Å². The Balaban J connectivity index is 2.00. The molecule has 2 atom stereocenters. The van der Waals surface area contributed by atoms with Crippen LogP contribution in [0.1, 0.15) is 57.1 Å². The van der Waals surface area contributed by atoms with Crippen LogP contribution >= 0.6 is 0 Å². The highest BCUT2D eigenvalue weighted by atomic mass is 14.9. The maximum atomic E-state index is 3.75. The lowest BCUT2D eigenvalue weighted by Crippen LogP contribution is -2.27. The van der Waals surface area contributed by atoms with Gasteiger partial charge in [0.2, 0.25) is 0 Å². The van der Waals surface area contributed by atoms with Crippen LogP contribution in [0.4, 0.5) is 5.69 Å². The van der Waals surface area contributed by atoms with Gasteiger partial charge in [0, 0.05) is 11.7 Å². The molecule has 0 bridgehead atoms. The zero-order chi connectivity index (χ0) is 13.0. The van der Waals surface area contributed by atoms with Crippen LogP contribution < -0.4 is 5.32 Å². The topological polar surface area (TPSA) is 12.0 Å². The smallest absolute Gasteiger partial charge is 0.0345 e. The Kier molecular flexibility index (Phi) is 4.68. The van der Waals surface area contributed by atoms with Gasteiger partial charge in [0.15, 0.2) is 0 Å². The minimum absolute atomic E-state index is 0.691. The molecule has 0 amide bonds. The summed E-state index contributed by atoms with van der Waals surface area (Å²) in [4.78, 5) is 0. The number of aryl methyl sites for hydroxylation is 2. The number of rotatable bonds is 4. The Morgan fingerprint density at radius 2 is 2.06 bits per heavy atom. The van der Waals surface area contributed by atoms with Crippen LogP contribution in [0.3, 0.4) is 0 Å². The molecule has 100 valence electrons. The summed E-state index contributed by atoms with van der Waals surface area (Å²) in [6.07, 6.45) is 7.99. The highest BCUT2D eigenvalue weighted by Crippen LogP contribution is 2.29. The second-order valence-electron chi connectivity index (χ2n) is 5.78. The van der Waals surface area contributed by atoms with E-state index >= 15 is 0 Å². The first-order chi connectivity index (χ1) is 8.72. The molecule has 1 N–H and O–H groups in total. The molecule has 0 saturated heterocycles. The van der Waals surface area contributed by atoms with Gasteiger partial charge in [-0.15, -0.1) is 0 Å². The van der Waals surface area contributed by atoms with Gasteiger partial charge >= 0.3 is 0 Å². The molecule has 0 aliphatic heterocycles. The first-order valence-corrected chi connectivity index (χ1v) is 7.59. The number of anilines is 1. The molecule has 2 unspecified atom stereocenters. The van der Waals surface area contributed by atoms with Crippen molar-refractivity contribution in [3.8, 4) is 0 Å². The molecule has 18 heavy (non-hydrogen) atoms. The Hall–Kier alpha value is -0.980. The van der Waals surface area contributed by atoms with Gasteiger partial charge in [0.1, 0.15) is 0 Å². The maximum absolute atomic E-state index is 3.75. The van der Waals surface area contributed by atoms with Crippen LogP contribution in [0.25, 0.3) is 0 Å². The molecule has 0 radical (unpaired) electrons. The van der Waals surface area contributed by atoms with Crippen molar-refractivity contribution in [2.24, 2.45) is 5.92 Å². The third kappa shape index (κ3) is 3.28. The van der Waals surface area contributed by atoms with E-state index in [1.54, 1.807) is 0 Å². The van der Waals surface area contributed by atoms with Crippen LogP contribution in [0.15, 0.2) is 18.2 Å². The summed E-state index contributed by atoms with van der Waals surface area (Å²) >= 11 is 0. The Labute approximate surface area is 112 Å². The van der Waals surface area contributed by atoms with Crippen molar-refractivity contribution in [1.82, 2.24) is 0 Å². The quantitative estimate of drug-likeness (QED) is 0.792. The van der Waals surface area contributed by atoms with Crippen molar-refractivity contribution in [3.63, 3.8) is 0 Å². The molecule has 2 rings (SSSR count). The average Bonchev–Trinajstić information content (AvgIpc) is 2.41. The van der Waals surface area contributed by atoms with E-state index in [1.807, 2.05) is 0 Å². The second-order valence-corrected chi connectivity index (χ2v) is 5.78. The number of nitrogens with one attached hydrogen (secondary N) is 1. The standard InChI is InChI=1S/C17H27N/c1-4-14-7-6-8-16(11-14)18-17-10-9-13(3)15(5-2)12-17/h9-10,12,14,16,18H,4-8,11H2,1-3H3. The monoisotopic (exact) mass is 245 g/mol. The molecule has 1 aromatic rings. The molecule has 0 heterocycles. The lowest BCUT2D eigenvalue weighted by molar-refractivity contribution is 0.327. The fraction of sp³-hybridized carbons (Fsp3) is 0.647. The molecule has 1 fully saturated rings. The summed E-state index contributed by atoms with van der Waals surface area (Å²) in [5, 5.41) is 3.75. The SMILES string of the molecule is CCc1cc(NC2CCCC(CC)C2)ccc1C. The minimum atomic E-state index is 0.691. The van der Waals surface area contributed by atoms with Crippen LogP contribution in [0, 0.1) is 12.8 Å². The van der Waals surface area contributed by atoms with Crippen molar-refractivity contribution in [3.05, 3.63) is 29.3 Å². The second kappa shape index (κ2) is 6.26. The van der Waals surface area contributed by atoms with Crippen molar-refractivity contribution in [2.45, 2.75) is 65.3 Å². The Bertz CT molecular complexity index is 383. The van der Waals surface area contributed by atoms with E-state index in [2.05, 4.69) is 44.3 Å². The van der Waals surface area contributed by atoms with Gasteiger partial charge in [-0.25, -0.2) is 0 Å². The first-order valence-electron chi connectivity index (χ1n) is 7.59. The fourth-order valence-corrected chi connectivity index (χ4v) is 3.17. The predicted molar refractivity (Wildman–Crippen MR) is 80.2 cm³/mol. The lowest BCUT2D eigenvalue weighted by atomic mass is 9.84. The molecule has 0 spiro atoms.